The Morgan fingerprint density at radius 3 is 2.84 bits per heavy atom. The lowest BCUT2D eigenvalue weighted by atomic mass is 10.1. The third kappa shape index (κ3) is 3.86. The van der Waals surface area contributed by atoms with Crippen LogP contribution in [0.25, 0.3) is 0 Å². The molecule has 0 bridgehead atoms. The SMILES string of the molecule is NC(=O)CN1CCC(Nc2ncc([N+](=O)[O-])s2)CC1. The van der Waals surface area contributed by atoms with Gasteiger partial charge in [-0.2, -0.15) is 0 Å². The van der Waals surface area contributed by atoms with Gasteiger partial charge in [0.05, 0.1) is 11.5 Å². The number of nitrogens with two attached hydrogens (primary N) is 1. The van der Waals surface area contributed by atoms with E-state index in [1.165, 1.54) is 6.20 Å². The number of amides is 1. The highest BCUT2D eigenvalue weighted by molar-refractivity contribution is 7.18. The third-order valence-corrected chi connectivity index (χ3v) is 3.85. The van der Waals surface area contributed by atoms with E-state index < -0.39 is 4.92 Å². The number of likely N-dealkylation sites (tertiary alicyclic amines) is 1. The number of rotatable bonds is 5. The Morgan fingerprint density at radius 2 is 2.32 bits per heavy atom. The zero-order valence-electron chi connectivity index (χ0n) is 10.2. The second kappa shape index (κ2) is 5.93. The summed E-state index contributed by atoms with van der Waals surface area (Å²) in [4.78, 5) is 26.9. The molecule has 1 saturated heterocycles. The van der Waals surface area contributed by atoms with Crippen LogP contribution >= 0.6 is 11.3 Å². The van der Waals surface area contributed by atoms with E-state index in [0.717, 1.165) is 37.3 Å². The molecule has 1 aromatic heterocycles. The van der Waals surface area contributed by atoms with Crippen LogP contribution in [0.15, 0.2) is 6.20 Å². The van der Waals surface area contributed by atoms with Gasteiger partial charge in [0.2, 0.25) is 5.91 Å². The normalized spacial score (nSPS) is 17.3. The fourth-order valence-corrected chi connectivity index (χ4v) is 2.76. The molecule has 1 fully saturated rings. The first-order valence-corrected chi connectivity index (χ1v) is 6.73. The molecule has 1 aromatic rings. The van der Waals surface area contributed by atoms with Crippen LogP contribution in [0.2, 0.25) is 0 Å². The summed E-state index contributed by atoms with van der Waals surface area (Å²) in [5.41, 5.74) is 5.14. The van der Waals surface area contributed by atoms with Crippen molar-refractivity contribution >= 4 is 27.4 Å². The predicted octanol–water partition coefficient (Wildman–Crippen LogP) is 0.413. The van der Waals surface area contributed by atoms with Crippen LogP contribution in [0.3, 0.4) is 0 Å². The van der Waals surface area contributed by atoms with Crippen molar-refractivity contribution in [3.05, 3.63) is 16.3 Å². The maximum absolute atomic E-state index is 10.8. The van der Waals surface area contributed by atoms with Gasteiger partial charge in [-0.3, -0.25) is 19.8 Å². The van der Waals surface area contributed by atoms with E-state index in [1.807, 2.05) is 4.90 Å². The number of carbonyl (C=O) groups is 1. The van der Waals surface area contributed by atoms with Crippen molar-refractivity contribution in [1.82, 2.24) is 9.88 Å². The molecule has 1 aliphatic heterocycles. The monoisotopic (exact) mass is 285 g/mol. The summed E-state index contributed by atoms with van der Waals surface area (Å²) in [7, 11) is 0. The lowest BCUT2D eigenvalue weighted by Crippen LogP contribution is -2.42. The molecule has 104 valence electrons. The maximum Gasteiger partial charge on any atom is 0.345 e. The van der Waals surface area contributed by atoms with Gasteiger partial charge < -0.3 is 11.1 Å². The lowest BCUT2D eigenvalue weighted by molar-refractivity contribution is -0.380. The number of nitro groups is 1. The molecule has 0 saturated carbocycles. The quantitative estimate of drug-likeness (QED) is 0.598. The van der Waals surface area contributed by atoms with E-state index in [2.05, 4.69) is 10.3 Å². The van der Waals surface area contributed by atoms with Crippen molar-refractivity contribution in [3.63, 3.8) is 0 Å². The highest BCUT2D eigenvalue weighted by atomic mass is 32.1. The van der Waals surface area contributed by atoms with Crippen LogP contribution in [0.5, 0.6) is 0 Å². The largest absolute Gasteiger partial charge is 0.369 e. The second-order valence-corrected chi connectivity index (χ2v) is 5.43. The van der Waals surface area contributed by atoms with Crippen molar-refractivity contribution in [1.29, 1.82) is 0 Å². The smallest absolute Gasteiger partial charge is 0.345 e. The van der Waals surface area contributed by atoms with Crippen molar-refractivity contribution < 1.29 is 9.72 Å². The van der Waals surface area contributed by atoms with Crippen molar-refractivity contribution in [2.75, 3.05) is 25.0 Å². The number of thiazole rings is 1. The van der Waals surface area contributed by atoms with E-state index in [1.54, 1.807) is 0 Å². The minimum Gasteiger partial charge on any atom is -0.369 e. The molecule has 19 heavy (non-hydrogen) atoms. The first-order chi connectivity index (χ1) is 9.04. The number of nitrogens with one attached hydrogen (secondary N) is 1. The molecule has 1 amide bonds. The molecule has 0 unspecified atom stereocenters. The number of anilines is 1. The van der Waals surface area contributed by atoms with Crippen LogP contribution < -0.4 is 11.1 Å². The highest BCUT2D eigenvalue weighted by Gasteiger charge is 2.21. The van der Waals surface area contributed by atoms with E-state index in [-0.39, 0.29) is 23.5 Å². The van der Waals surface area contributed by atoms with E-state index in [0.29, 0.717) is 5.13 Å². The van der Waals surface area contributed by atoms with Gasteiger partial charge >= 0.3 is 5.00 Å². The molecular formula is C10H15N5O3S. The van der Waals surface area contributed by atoms with Gasteiger partial charge in [0, 0.05) is 19.1 Å². The molecule has 1 aliphatic rings. The van der Waals surface area contributed by atoms with Crippen LogP contribution in [-0.4, -0.2) is 46.4 Å². The standard InChI is InChI=1S/C10H15N5O3S/c11-8(16)6-14-3-1-7(2-4-14)13-10-12-5-9(19-10)15(17)18/h5,7H,1-4,6H2,(H2,11,16)(H,12,13). The molecule has 0 atom stereocenters. The number of hydrogen-bond acceptors (Lipinski definition) is 7. The number of piperidine rings is 1. The third-order valence-electron chi connectivity index (χ3n) is 2.97. The van der Waals surface area contributed by atoms with Gasteiger partial charge in [-0.25, -0.2) is 4.98 Å². The molecular weight excluding hydrogens is 270 g/mol. The van der Waals surface area contributed by atoms with Gasteiger partial charge in [0.1, 0.15) is 6.20 Å². The minimum absolute atomic E-state index is 0.0358. The molecule has 2 heterocycles. The zero-order chi connectivity index (χ0) is 13.8. The van der Waals surface area contributed by atoms with Crippen LogP contribution in [-0.2, 0) is 4.79 Å². The molecule has 0 radical (unpaired) electrons. The molecule has 3 N–H and O–H groups in total. The Kier molecular flexibility index (Phi) is 4.27. The van der Waals surface area contributed by atoms with Crippen molar-refractivity contribution in [3.8, 4) is 0 Å². The number of nitrogens with zero attached hydrogens (tertiary/aromatic N) is 3. The lowest BCUT2D eigenvalue weighted by Gasteiger charge is -2.31. The summed E-state index contributed by atoms with van der Waals surface area (Å²) < 4.78 is 0. The van der Waals surface area contributed by atoms with E-state index >= 15 is 0 Å². The Balaban J connectivity index is 1.81. The van der Waals surface area contributed by atoms with Gasteiger partial charge in [-0.15, -0.1) is 0 Å². The number of primary amides is 1. The number of aromatic nitrogens is 1. The Labute approximate surface area is 113 Å². The maximum atomic E-state index is 10.8. The highest BCUT2D eigenvalue weighted by Crippen LogP contribution is 2.26. The second-order valence-electron chi connectivity index (χ2n) is 4.42. The average Bonchev–Trinajstić information content (AvgIpc) is 2.80. The fourth-order valence-electron chi connectivity index (χ4n) is 2.05. The van der Waals surface area contributed by atoms with Gasteiger partial charge in [0.25, 0.3) is 0 Å². The summed E-state index contributed by atoms with van der Waals surface area (Å²) in [6.07, 6.45) is 2.98. The van der Waals surface area contributed by atoms with E-state index in [4.69, 9.17) is 5.73 Å². The van der Waals surface area contributed by atoms with Gasteiger partial charge in [-0.1, -0.05) is 0 Å². The summed E-state index contributed by atoms with van der Waals surface area (Å²) in [5, 5.41) is 14.3. The molecule has 2 rings (SSSR count). The Bertz CT molecular complexity index is 469. The molecule has 0 spiro atoms. The van der Waals surface area contributed by atoms with Crippen LogP contribution in [0.4, 0.5) is 10.1 Å². The van der Waals surface area contributed by atoms with Crippen molar-refractivity contribution in [2.24, 2.45) is 5.73 Å². The van der Waals surface area contributed by atoms with Gasteiger partial charge in [-0.05, 0) is 24.2 Å². The topological polar surface area (TPSA) is 114 Å². The van der Waals surface area contributed by atoms with Crippen LogP contribution in [0.1, 0.15) is 12.8 Å². The Hall–Kier alpha value is -1.74. The first-order valence-electron chi connectivity index (χ1n) is 5.92. The van der Waals surface area contributed by atoms with Crippen molar-refractivity contribution in [2.45, 2.75) is 18.9 Å². The molecule has 0 aliphatic carbocycles. The molecule has 0 aromatic carbocycles. The summed E-state index contributed by atoms with van der Waals surface area (Å²) >= 11 is 1.04. The average molecular weight is 285 g/mol. The zero-order valence-corrected chi connectivity index (χ0v) is 11.1. The molecule has 9 heteroatoms. The van der Waals surface area contributed by atoms with Crippen LogP contribution in [0, 0.1) is 10.1 Å². The van der Waals surface area contributed by atoms with E-state index in [9.17, 15) is 14.9 Å². The van der Waals surface area contributed by atoms with Gasteiger partial charge in [0.15, 0.2) is 5.13 Å². The minimum atomic E-state index is -0.446. The predicted molar refractivity (Wildman–Crippen MR) is 71.0 cm³/mol. The summed E-state index contributed by atoms with van der Waals surface area (Å²) in [6.45, 7) is 1.86. The number of hydrogen-bond donors (Lipinski definition) is 2. The summed E-state index contributed by atoms with van der Waals surface area (Å²) in [6, 6.07) is 0.231. The first kappa shape index (κ1) is 13.7. The molecule has 8 nitrogen and oxygen atoms in total. The Morgan fingerprint density at radius 1 is 1.63 bits per heavy atom. The summed E-state index contributed by atoms with van der Waals surface area (Å²) in [5.74, 6) is -0.318. The number of carbonyl (C=O) groups excluding carboxylic acids is 1. The fraction of sp³-hybridized carbons (Fsp3) is 0.600.